The molecular formula is C26H26BrN5O4S. The summed E-state index contributed by atoms with van der Waals surface area (Å²) in [6.45, 7) is 0.779. The SMILES string of the molecule is O=C1N(c2cccc(O)c2)c2nc(NC3CCN(S(=O)(=O)c4cccc(CBr)c4)CC3)ncc2C12CC2. The summed E-state index contributed by atoms with van der Waals surface area (Å²) in [6.07, 6.45) is 4.47. The molecule has 3 aromatic rings. The quantitative estimate of drug-likeness (QED) is 0.420. The Morgan fingerprint density at radius 2 is 1.86 bits per heavy atom. The molecule has 2 aromatic carbocycles. The van der Waals surface area contributed by atoms with E-state index in [9.17, 15) is 18.3 Å². The Hall–Kier alpha value is -3.02. The summed E-state index contributed by atoms with van der Waals surface area (Å²) in [6, 6.07) is 13.6. The standard InChI is InChI=1S/C26H26BrN5O4S/c27-15-17-3-1-6-21(13-17)37(35,36)31-11-7-18(8-12-31)29-25-28-16-22-23(30-25)32(24(34)26(22)9-10-26)19-4-2-5-20(33)14-19/h1-6,13-14,16,18,33H,7-12,15H2,(H,28,29,30). The number of halogens is 1. The molecule has 0 unspecified atom stereocenters. The fourth-order valence-electron chi connectivity index (χ4n) is 5.22. The average molecular weight is 584 g/mol. The Morgan fingerprint density at radius 1 is 1.11 bits per heavy atom. The number of piperidine rings is 1. The van der Waals surface area contributed by atoms with Crippen molar-refractivity contribution >= 4 is 49.3 Å². The molecule has 2 aliphatic heterocycles. The molecular weight excluding hydrogens is 558 g/mol. The number of carbonyl (C=O) groups excluding carboxylic acids is 1. The molecule has 192 valence electrons. The molecule has 6 rings (SSSR count). The van der Waals surface area contributed by atoms with Crippen LogP contribution >= 0.6 is 15.9 Å². The highest BCUT2D eigenvalue weighted by molar-refractivity contribution is 9.08. The molecule has 9 nitrogen and oxygen atoms in total. The Balaban J connectivity index is 1.19. The van der Waals surface area contributed by atoms with Crippen LogP contribution in [0.15, 0.2) is 59.6 Å². The summed E-state index contributed by atoms with van der Waals surface area (Å²) in [5, 5.41) is 13.9. The Labute approximate surface area is 223 Å². The van der Waals surface area contributed by atoms with E-state index in [1.807, 2.05) is 6.07 Å². The largest absolute Gasteiger partial charge is 0.508 e. The number of aromatic nitrogens is 2. The molecule has 1 aliphatic carbocycles. The third kappa shape index (κ3) is 4.18. The lowest BCUT2D eigenvalue weighted by molar-refractivity contribution is -0.119. The molecule has 11 heteroatoms. The molecule has 37 heavy (non-hydrogen) atoms. The van der Waals surface area contributed by atoms with Gasteiger partial charge in [-0.15, -0.1) is 0 Å². The third-order valence-corrected chi connectivity index (χ3v) is 9.97. The number of phenols is 1. The monoisotopic (exact) mass is 583 g/mol. The van der Waals surface area contributed by atoms with E-state index in [1.54, 1.807) is 53.6 Å². The van der Waals surface area contributed by atoms with Crippen LogP contribution in [0.1, 0.15) is 36.8 Å². The minimum atomic E-state index is -3.56. The molecule has 2 fully saturated rings. The van der Waals surface area contributed by atoms with Gasteiger partial charge in [-0.2, -0.15) is 9.29 Å². The molecule has 3 aliphatic rings. The number of aromatic hydroxyl groups is 1. The van der Waals surface area contributed by atoms with Crippen molar-refractivity contribution in [3.63, 3.8) is 0 Å². The van der Waals surface area contributed by atoms with Crippen LogP contribution in [-0.4, -0.2) is 52.8 Å². The summed E-state index contributed by atoms with van der Waals surface area (Å²) in [5.41, 5.74) is 1.74. The number of alkyl halides is 1. The second-order valence-corrected chi connectivity index (χ2v) is 12.3. The lowest BCUT2D eigenvalue weighted by atomic mass is 10.0. The van der Waals surface area contributed by atoms with E-state index in [0.717, 1.165) is 24.0 Å². The third-order valence-electron chi connectivity index (χ3n) is 7.42. The molecule has 1 spiro atoms. The fraction of sp³-hybridized carbons (Fsp3) is 0.346. The van der Waals surface area contributed by atoms with Gasteiger partial charge in [0.05, 0.1) is 16.0 Å². The van der Waals surface area contributed by atoms with Crippen molar-refractivity contribution in [3.05, 3.63) is 65.9 Å². The number of carbonyl (C=O) groups is 1. The van der Waals surface area contributed by atoms with Gasteiger partial charge in [0.1, 0.15) is 11.6 Å². The maximum absolute atomic E-state index is 13.3. The van der Waals surface area contributed by atoms with Crippen molar-refractivity contribution < 1.29 is 18.3 Å². The number of benzene rings is 2. The average Bonchev–Trinajstić information content (AvgIpc) is 3.67. The fourth-order valence-corrected chi connectivity index (χ4v) is 7.11. The second kappa shape index (κ2) is 9.07. The molecule has 1 aromatic heterocycles. The van der Waals surface area contributed by atoms with Crippen molar-refractivity contribution in [2.45, 2.75) is 47.4 Å². The van der Waals surface area contributed by atoms with Gasteiger partial charge in [0, 0.05) is 42.3 Å². The highest BCUT2D eigenvalue weighted by atomic mass is 79.9. The number of hydrogen-bond donors (Lipinski definition) is 2. The van der Waals surface area contributed by atoms with Crippen molar-refractivity contribution in [2.75, 3.05) is 23.3 Å². The smallest absolute Gasteiger partial charge is 0.243 e. The zero-order chi connectivity index (χ0) is 25.8. The van der Waals surface area contributed by atoms with E-state index in [2.05, 4.69) is 26.2 Å². The summed E-state index contributed by atoms with van der Waals surface area (Å²) < 4.78 is 27.8. The number of anilines is 3. The summed E-state index contributed by atoms with van der Waals surface area (Å²) >= 11 is 3.38. The van der Waals surface area contributed by atoms with Gasteiger partial charge in [0.2, 0.25) is 21.9 Å². The van der Waals surface area contributed by atoms with Gasteiger partial charge in [-0.05, 0) is 55.5 Å². The number of phenolic OH excluding ortho intramolecular Hbond substituents is 1. The summed E-state index contributed by atoms with van der Waals surface area (Å²) in [7, 11) is -3.56. The van der Waals surface area contributed by atoms with Crippen LogP contribution in [-0.2, 0) is 25.6 Å². The van der Waals surface area contributed by atoms with Gasteiger partial charge in [0.15, 0.2) is 0 Å². The number of fused-ring (bicyclic) bond motifs is 2. The predicted molar refractivity (Wildman–Crippen MR) is 143 cm³/mol. The first-order valence-corrected chi connectivity index (χ1v) is 14.8. The van der Waals surface area contributed by atoms with Gasteiger partial charge >= 0.3 is 0 Å². The summed E-state index contributed by atoms with van der Waals surface area (Å²) in [5.74, 6) is 0.983. The van der Waals surface area contributed by atoms with Crippen LogP contribution in [0, 0.1) is 0 Å². The normalized spacial score (nSPS) is 19.3. The Kier molecular flexibility index (Phi) is 5.96. The molecule has 0 radical (unpaired) electrons. The van der Waals surface area contributed by atoms with E-state index in [0.29, 0.717) is 53.6 Å². The molecule has 1 saturated carbocycles. The van der Waals surface area contributed by atoms with E-state index < -0.39 is 15.4 Å². The minimum Gasteiger partial charge on any atom is -0.508 e. The lowest BCUT2D eigenvalue weighted by Gasteiger charge is -2.31. The first-order chi connectivity index (χ1) is 17.8. The Bertz CT molecular complexity index is 1490. The van der Waals surface area contributed by atoms with Crippen LogP contribution in [0.2, 0.25) is 0 Å². The van der Waals surface area contributed by atoms with Gasteiger partial charge in [-0.1, -0.05) is 34.1 Å². The first-order valence-electron chi connectivity index (χ1n) is 12.2. The maximum Gasteiger partial charge on any atom is 0.243 e. The van der Waals surface area contributed by atoms with E-state index in [1.165, 1.54) is 4.31 Å². The molecule has 1 amide bonds. The lowest BCUT2D eigenvalue weighted by Crippen LogP contribution is -2.42. The maximum atomic E-state index is 13.3. The van der Waals surface area contributed by atoms with Gasteiger partial charge < -0.3 is 10.4 Å². The first kappa shape index (κ1) is 24.3. The Morgan fingerprint density at radius 3 is 2.57 bits per heavy atom. The highest BCUT2D eigenvalue weighted by Crippen LogP contribution is 2.58. The van der Waals surface area contributed by atoms with Crippen LogP contribution < -0.4 is 10.2 Å². The predicted octanol–water partition coefficient (Wildman–Crippen LogP) is 4.05. The molecule has 3 heterocycles. The van der Waals surface area contributed by atoms with Crippen molar-refractivity contribution in [1.82, 2.24) is 14.3 Å². The van der Waals surface area contributed by atoms with Crippen LogP contribution in [0.4, 0.5) is 17.5 Å². The highest BCUT2D eigenvalue weighted by Gasteiger charge is 2.60. The number of nitrogens with one attached hydrogen (secondary N) is 1. The zero-order valence-corrected chi connectivity index (χ0v) is 22.4. The zero-order valence-electron chi connectivity index (χ0n) is 20.0. The number of sulfonamides is 1. The van der Waals surface area contributed by atoms with Crippen molar-refractivity contribution in [1.29, 1.82) is 0 Å². The second-order valence-electron chi connectivity index (χ2n) is 9.78. The number of rotatable bonds is 6. The van der Waals surface area contributed by atoms with Gasteiger partial charge in [-0.25, -0.2) is 13.4 Å². The van der Waals surface area contributed by atoms with Crippen molar-refractivity contribution in [3.8, 4) is 5.75 Å². The molecule has 0 bridgehead atoms. The van der Waals surface area contributed by atoms with Crippen LogP contribution in [0.5, 0.6) is 5.75 Å². The van der Waals surface area contributed by atoms with E-state index >= 15 is 0 Å². The van der Waals surface area contributed by atoms with Gasteiger partial charge in [-0.3, -0.25) is 9.69 Å². The topological polar surface area (TPSA) is 116 Å². The number of amides is 1. The van der Waals surface area contributed by atoms with Crippen molar-refractivity contribution in [2.24, 2.45) is 0 Å². The molecule has 1 saturated heterocycles. The summed E-state index contributed by atoms with van der Waals surface area (Å²) in [4.78, 5) is 24.4. The van der Waals surface area contributed by atoms with Crippen LogP contribution in [0.25, 0.3) is 0 Å². The number of hydrogen-bond acceptors (Lipinski definition) is 7. The van der Waals surface area contributed by atoms with E-state index in [-0.39, 0.29) is 17.7 Å². The minimum absolute atomic E-state index is 0.000384. The van der Waals surface area contributed by atoms with E-state index in [4.69, 9.17) is 4.98 Å². The number of nitrogens with zero attached hydrogens (tertiary/aromatic N) is 4. The molecule has 2 N–H and O–H groups in total. The van der Waals surface area contributed by atoms with Gasteiger partial charge in [0.25, 0.3) is 0 Å². The molecule has 0 atom stereocenters. The van der Waals surface area contributed by atoms with Crippen LogP contribution in [0.3, 0.4) is 0 Å².